The molecule has 2 aromatic rings. The molecule has 0 aliphatic heterocycles. The highest BCUT2D eigenvalue weighted by Gasteiger charge is 2.12. The number of ketones is 1. The zero-order valence-electron chi connectivity index (χ0n) is 13.1. The third-order valence-electron chi connectivity index (χ3n) is 3.77. The normalized spacial score (nSPS) is 10.4. The van der Waals surface area contributed by atoms with Crippen LogP contribution in [0.4, 0.5) is 5.69 Å². The van der Waals surface area contributed by atoms with Gasteiger partial charge in [0.15, 0.2) is 5.78 Å². The molecule has 0 aromatic heterocycles. The van der Waals surface area contributed by atoms with Crippen LogP contribution < -0.4 is 4.90 Å². The van der Waals surface area contributed by atoms with E-state index in [0.717, 1.165) is 24.2 Å². The topological polar surface area (TPSA) is 20.3 Å². The largest absolute Gasteiger partial charge is 0.364 e. The van der Waals surface area contributed by atoms with E-state index < -0.39 is 0 Å². The van der Waals surface area contributed by atoms with Crippen LogP contribution in [-0.4, -0.2) is 18.9 Å². The molecule has 0 aliphatic carbocycles. The van der Waals surface area contributed by atoms with Gasteiger partial charge in [-0.2, -0.15) is 0 Å². The maximum Gasteiger partial charge on any atom is 0.182 e. The molecule has 0 radical (unpaired) electrons. The van der Waals surface area contributed by atoms with Crippen molar-refractivity contribution >= 4 is 11.5 Å². The van der Waals surface area contributed by atoms with Gasteiger partial charge in [0.25, 0.3) is 0 Å². The lowest BCUT2D eigenvalue weighted by atomic mass is 10.1. The lowest BCUT2D eigenvalue weighted by molar-refractivity contribution is 0.0999. The van der Waals surface area contributed by atoms with Gasteiger partial charge in [0, 0.05) is 17.8 Å². The first kappa shape index (κ1) is 15.3. The van der Waals surface area contributed by atoms with Crippen LogP contribution in [0, 0.1) is 6.92 Å². The summed E-state index contributed by atoms with van der Waals surface area (Å²) < 4.78 is 0. The number of rotatable bonds is 6. The molecule has 0 heterocycles. The monoisotopic (exact) mass is 281 g/mol. The minimum atomic E-state index is 0.168. The Morgan fingerprint density at radius 1 is 1.05 bits per heavy atom. The van der Waals surface area contributed by atoms with Gasteiger partial charge in [0.2, 0.25) is 0 Å². The SMILES string of the molecule is CCc1ccc(C(=O)CN(CC)c2cccc(C)c2)cc1. The number of hydrogen-bond donors (Lipinski definition) is 0. The zero-order valence-corrected chi connectivity index (χ0v) is 13.1. The average Bonchev–Trinajstić information content (AvgIpc) is 2.52. The summed E-state index contributed by atoms with van der Waals surface area (Å²) in [6.45, 7) is 7.51. The van der Waals surface area contributed by atoms with Crippen LogP contribution >= 0.6 is 0 Å². The van der Waals surface area contributed by atoms with E-state index in [2.05, 4.69) is 43.9 Å². The van der Waals surface area contributed by atoms with Gasteiger partial charge in [-0.3, -0.25) is 4.79 Å². The Morgan fingerprint density at radius 3 is 2.33 bits per heavy atom. The number of nitrogens with zero attached hydrogens (tertiary/aromatic N) is 1. The van der Waals surface area contributed by atoms with Crippen LogP contribution in [0.25, 0.3) is 0 Å². The molecule has 0 saturated heterocycles. The fourth-order valence-electron chi connectivity index (χ4n) is 2.40. The first-order chi connectivity index (χ1) is 10.1. The molecule has 0 saturated carbocycles. The smallest absolute Gasteiger partial charge is 0.182 e. The van der Waals surface area contributed by atoms with Crippen molar-refractivity contribution in [3.8, 4) is 0 Å². The van der Waals surface area contributed by atoms with Gasteiger partial charge < -0.3 is 4.90 Å². The maximum atomic E-state index is 12.4. The van der Waals surface area contributed by atoms with Crippen molar-refractivity contribution in [1.29, 1.82) is 0 Å². The summed E-state index contributed by atoms with van der Waals surface area (Å²) in [4.78, 5) is 14.5. The Balaban J connectivity index is 2.12. The third-order valence-corrected chi connectivity index (χ3v) is 3.77. The Kier molecular flexibility index (Phi) is 5.15. The Bertz CT molecular complexity index is 601. The summed E-state index contributed by atoms with van der Waals surface area (Å²) in [6.07, 6.45) is 0.999. The molecule has 0 spiro atoms. The minimum Gasteiger partial charge on any atom is -0.364 e. The summed E-state index contributed by atoms with van der Waals surface area (Å²) >= 11 is 0. The van der Waals surface area contributed by atoms with E-state index in [1.165, 1.54) is 11.1 Å². The molecular formula is C19H23NO. The fourth-order valence-corrected chi connectivity index (χ4v) is 2.40. The van der Waals surface area contributed by atoms with Crippen LogP contribution in [-0.2, 0) is 6.42 Å². The van der Waals surface area contributed by atoms with E-state index in [1.807, 2.05) is 30.3 Å². The van der Waals surface area contributed by atoms with E-state index in [9.17, 15) is 4.79 Å². The number of Topliss-reactive ketones (excluding diaryl/α,β-unsaturated/α-hetero) is 1. The second-order valence-electron chi connectivity index (χ2n) is 5.33. The van der Waals surface area contributed by atoms with E-state index in [0.29, 0.717) is 6.54 Å². The number of anilines is 1. The molecule has 0 unspecified atom stereocenters. The van der Waals surface area contributed by atoms with Crippen molar-refractivity contribution in [2.45, 2.75) is 27.2 Å². The molecule has 2 aromatic carbocycles. The van der Waals surface area contributed by atoms with Crippen molar-refractivity contribution in [2.75, 3.05) is 18.0 Å². The van der Waals surface area contributed by atoms with Crippen LogP contribution in [0.1, 0.15) is 35.3 Å². The summed E-state index contributed by atoms with van der Waals surface area (Å²) in [7, 11) is 0. The number of carbonyl (C=O) groups excluding carboxylic acids is 1. The Labute approximate surface area is 127 Å². The number of carbonyl (C=O) groups is 1. The Morgan fingerprint density at radius 2 is 1.76 bits per heavy atom. The lowest BCUT2D eigenvalue weighted by Gasteiger charge is -2.22. The van der Waals surface area contributed by atoms with Crippen LogP contribution in [0.5, 0.6) is 0 Å². The molecule has 110 valence electrons. The molecule has 21 heavy (non-hydrogen) atoms. The van der Waals surface area contributed by atoms with E-state index in [1.54, 1.807) is 0 Å². The second-order valence-corrected chi connectivity index (χ2v) is 5.33. The van der Waals surface area contributed by atoms with Gasteiger partial charge in [0.1, 0.15) is 0 Å². The summed E-state index contributed by atoms with van der Waals surface area (Å²) in [6, 6.07) is 16.2. The first-order valence-electron chi connectivity index (χ1n) is 7.57. The first-order valence-corrected chi connectivity index (χ1v) is 7.57. The van der Waals surface area contributed by atoms with Crippen LogP contribution in [0.2, 0.25) is 0 Å². The van der Waals surface area contributed by atoms with Gasteiger partial charge in [-0.25, -0.2) is 0 Å². The highest BCUT2D eigenvalue weighted by Crippen LogP contribution is 2.16. The van der Waals surface area contributed by atoms with E-state index >= 15 is 0 Å². The predicted octanol–water partition coefficient (Wildman–Crippen LogP) is 4.27. The van der Waals surface area contributed by atoms with Crippen LogP contribution in [0.15, 0.2) is 48.5 Å². The van der Waals surface area contributed by atoms with Gasteiger partial charge in [-0.05, 0) is 43.5 Å². The molecule has 2 rings (SSSR count). The zero-order chi connectivity index (χ0) is 15.2. The van der Waals surface area contributed by atoms with Crippen LogP contribution in [0.3, 0.4) is 0 Å². The minimum absolute atomic E-state index is 0.168. The number of benzene rings is 2. The van der Waals surface area contributed by atoms with Gasteiger partial charge in [-0.1, -0.05) is 43.3 Å². The van der Waals surface area contributed by atoms with Crippen molar-refractivity contribution in [2.24, 2.45) is 0 Å². The van der Waals surface area contributed by atoms with E-state index in [-0.39, 0.29) is 5.78 Å². The van der Waals surface area contributed by atoms with Crippen molar-refractivity contribution < 1.29 is 4.79 Å². The summed E-state index contributed by atoms with van der Waals surface area (Å²) in [5.41, 5.74) is 4.37. The maximum absolute atomic E-state index is 12.4. The number of hydrogen-bond acceptors (Lipinski definition) is 2. The molecule has 0 bridgehead atoms. The highest BCUT2D eigenvalue weighted by molar-refractivity contribution is 5.99. The number of aryl methyl sites for hydroxylation is 2. The summed E-state index contributed by atoms with van der Waals surface area (Å²) in [5, 5.41) is 0. The van der Waals surface area contributed by atoms with Crippen molar-refractivity contribution in [3.63, 3.8) is 0 Å². The fraction of sp³-hybridized carbons (Fsp3) is 0.316. The van der Waals surface area contributed by atoms with Gasteiger partial charge in [-0.15, -0.1) is 0 Å². The van der Waals surface area contributed by atoms with Gasteiger partial charge >= 0.3 is 0 Å². The molecule has 0 atom stereocenters. The lowest BCUT2D eigenvalue weighted by Crippen LogP contribution is -2.29. The standard InChI is InChI=1S/C19H23NO/c1-4-16-9-11-17(12-10-16)19(21)14-20(5-2)18-8-6-7-15(3)13-18/h6-13H,4-5,14H2,1-3H3. The molecule has 0 N–H and O–H groups in total. The third kappa shape index (κ3) is 3.94. The Hall–Kier alpha value is -2.09. The highest BCUT2D eigenvalue weighted by atomic mass is 16.1. The second kappa shape index (κ2) is 7.07. The molecule has 0 fully saturated rings. The predicted molar refractivity (Wildman–Crippen MR) is 89.2 cm³/mol. The van der Waals surface area contributed by atoms with E-state index in [4.69, 9.17) is 0 Å². The molecule has 0 amide bonds. The van der Waals surface area contributed by atoms with Crippen molar-refractivity contribution in [3.05, 3.63) is 65.2 Å². The van der Waals surface area contributed by atoms with Gasteiger partial charge in [0.05, 0.1) is 6.54 Å². The van der Waals surface area contributed by atoms with Crippen molar-refractivity contribution in [1.82, 2.24) is 0 Å². The molecule has 2 heteroatoms. The quantitative estimate of drug-likeness (QED) is 0.737. The summed E-state index contributed by atoms with van der Waals surface area (Å²) in [5.74, 6) is 0.168. The number of likely N-dealkylation sites (N-methyl/N-ethyl adjacent to an activating group) is 1. The average molecular weight is 281 g/mol. The molecular weight excluding hydrogens is 258 g/mol. The molecule has 2 nitrogen and oxygen atoms in total. The molecule has 0 aliphatic rings.